The van der Waals surface area contributed by atoms with Crippen molar-refractivity contribution >= 4 is 15.9 Å². The van der Waals surface area contributed by atoms with Crippen molar-refractivity contribution in [2.45, 2.75) is 39.9 Å². The van der Waals surface area contributed by atoms with Gasteiger partial charge in [-0.3, -0.25) is 4.68 Å². The zero-order chi connectivity index (χ0) is 14.5. The molecule has 0 spiro atoms. The molecule has 0 aliphatic carbocycles. The van der Waals surface area contributed by atoms with E-state index in [0.29, 0.717) is 6.54 Å². The lowest BCUT2D eigenvalue weighted by Crippen LogP contribution is -2.16. The molecule has 1 N–H and O–H groups in total. The van der Waals surface area contributed by atoms with Gasteiger partial charge in [0.1, 0.15) is 5.82 Å². The predicted octanol–water partition coefficient (Wildman–Crippen LogP) is 3.66. The Balaban J connectivity index is 1.99. The number of nitrogens with one attached hydrogen (secondary N) is 1. The van der Waals surface area contributed by atoms with Crippen LogP contribution in [0.15, 0.2) is 28.7 Å². The van der Waals surface area contributed by atoms with Crippen LogP contribution in [0.1, 0.15) is 30.8 Å². The molecule has 1 heterocycles. The molecule has 3 nitrogen and oxygen atoms in total. The van der Waals surface area contributed by atoms with Crippen LogP contribution in [0.2, 0.25) is 0 Å². The van der Waals surface area contributed by atoms with Crippen molar-refractivity contribution in [1.82, 2.24) is 15.1 Å². The summed E-state index contributed by atoms with van der Waals surface area (Å²) in [7, 11) is 0. The van der Waals surface area contributed by atoms with Crippen LogP contribution in [0, 0.1) is 5.82 Å². The number of halogens is 2. The molecule has 0 fully saturated rings. The van der Waals surface area contributed by atoms with Gasteiger partial charge < -0.3 is 5.32 Å². The summed E-state index contributed by atoms with van der Waals surface area (Å²) in [5.41, 5.74) is 3.19. The van der Waals surface area contributed by atoms with Gasteiger partial charge in [-0.1, -0.05) is 22.9 Å². The van der Waals surface area contributed by atoms with Gasteiger partial charge in [-0.15, -0.1) is 0 Å². The molecule has 0 amide bonds. The summed E-state index contributed by atoms with van der Waals surface area (Å²) in [4.78, 5) is 0. The normalized spacial score (nSPS) is 11.0. The third-order valence-electron chi connectivity index (χ3n) is 3.21. The monoisotopic (exact) mass is 339 g/mol. The third-order valence-corrected chi connectivity index (χ3v) is 3.98. The number of benzene rings is 1. The second kappa shape index (κ2) is 6.99. The SMILES string of the molecule is CCc1cc(CNCc2cc(F)ccc2Br)n(CC)n1. The Morgan fingerprint density at radius 1 is 1.25 bits per heavy atom. The Bertz CT molecular complexity index is 580. The summed E-state index contributed by atoms with van der Waals surface area (Å²) in [5.74, 6) is -0.211. The molecule has 1 aromatic heterocycles. The van der Waals surface area contributed by atoms with E-state index in [2.05, 4.69) is 46.3 Å². The minimum absolute atomic E-state index is 0.211. The number of nitrogens with zero attached hydrogens (tertiary/aromatic N) is 2. The van der Waals surface area contributed by atoms with Gasteiger partial charge in [-0.25, -0.2) is 4.39 Å². The Morgan fingerprint density at radius 3 is 2.75 bits per heavy atom. The van der Waals surface area contributed by atoms with Gasteiger partial charge in [0.2, 0.25) is 0 Å². The quantitative estimate of drug-likeness (QED) is 0.870. The summed E-state index contributed by atoms with van der Waals surface area (Å²) in [5, 5.41) is 7.85. The molecule has 5 heteroatoms. The van der Waals surface area contributed by atoms with E-state index in [4.69, 9.17) is 0 Å². The van der Waals surface area contributed by atoms with Crippen LogP contribution >= 0.6 is 15.9 Å². The maximum atomic E-state index is 13.2. The topological polar surface area (TPSA) is 29.9 Å². The standard InChI is InChI=1S/C15H19BrFN3/c1-3-13-8-14(20(4-2)19-13)10-18-9-11-7-12(17)5-6-15(11)16/h5-8,18H,3-4,9-10H2,1-2H3. The Labute approximate surface area is 127 Å². The second-order valence-corrected chi connectivity index (χ2v) is 5.49. The zero-order valence-corrected chi connectivity index (χ0v) is 13.4. The van der Waals surface area contributed by atoms with E-state index < -0.39 is 0 Å². The molecule has 0 bridgehead atoms. The van der Waals surface area contributed by atoms with E-state index in [1.54, 1.807) is 12.1 Å². The van der Waals surface area contributed by atoms with Gasteiger partial charge in [-0.2, -0.15) is 5.10 Å². The Kier molecular flexibility index (Phi) is 5.31. The summed E-state index contributed by atoms with van der Waals surface area (Å²) >= 11 is 3.44. The number of rotatable bonds is 6. The molecule has 0 unspecified atom stereocenters. The Morgan fingerprint density at radius 2 is 2.05 bits per heavy atom. The van der Waals surface area contributed by atoms with Crippen molar-refractivity contribution in [2.24, 2.45) is 0 Å². The first-order valence-corrected chi connectivity index (χ1v) is 7.63. The van der Waals surface area contributed by atoms with E-state index in [0.717, 1.165) is 40.9 Å². The molecule has 0 aliphatic rings. The maximum Gasteiger partial charge on any atom is 0.123 e. The van der Waals surface area contributed by atoms with E-state index in [9.17, 15) is 4.39 Å². The highest BCUT2D eigenvalue weighted by molar-refractivity contribution is 9.10. The lowest BCUT2D eigenvalue weighted by Gasteiger charge is -2.08. The maximum absolute atomic E-state index is 13.2. The minimum atomic E-state index is -0.211. The highest BCUT2D eigenvalue weighted by Crippen LogP contribution is 2.17. The van der Waals surface area contributed by atoms with Crippen molar-refractivity contribution in [3.8, 4) is 0 Å². The highest BCUT2D eigenvalue weighted by atomic mass is 79.9. The molecule has 0 atom stereocenters. The molecule has 0 saturated heterocycles. The zero-order valence-electron chi connectivity index (χ0n) is 11.8. The first-order valence-electron chi connectivity index (χ1n) is 6.84. The van der Waals surface area contributed by atoms with Crippen molar-refractivity contribution in [3.63, 3.8) is 0 Å². The van der Waals surface area contributed by atoms with Gasteiger partial charge in [0.15, 0.2) is 0 Å². The van der Waals surface area contributed by atoms with Crippen LogP contribution in [0.3, 0.4) is 0 Å². The fraction of sp³-hybridized carbons (Fsp3) is 0.400. The highest BCUT2D eigenvalue weighted by Gasteiger charge is 2.06. The van der Waals surface area contributed by atoms with Crippen LogP contribution in [0.4, 0.5) is 4.39 Å². The van der Waals surface area contributed by atoms with Gasteiger partial charge >= 0.3 is 0 Å². The fourth-order valence-electron chi connectivity index (χ4n) is 2.11. The average Bonchev–Trinajstić information content (AvgIpc) is 2.85. The summed E-state index contributed by atoms with van der Waals surface area (Å²) in [6, 6.07) is 6.86. The first kappa shape index (κ1) is 15.2. The lowest BCUT2D eigenvalue weighted by atomic mass is 10.2. The third kappa shape index (κ3) is 3.67. The molecule has 2 rings (SSSR count). The number of aryl methyl sites for hydroxylation is 2. The molecule has 2 aromatic rings. The molecule has 1 aromatic carbocycles. The second-order valence-electron chi connectivity index (χ2n) is 4.64. The fourth-order valence-corrected chi connectivity index (χ4v) is 2.49. The van der Waals surface area contributed by atoms with Gasteiger partial charge in [-0.05, 0) is 43.2 Å². The smallest absolute Gasteiger partial charge is 0.123 e. The molecule has 0 aliphatic heterocycles. The Hall–Kier alpha value is -1.20. The summed E-state index contributed by atoms with van der Waals surface area (Å²) in [6.45, 7) is 6.39. The van der Waals surface area contributed by atoms with Crippen molar-refractivity contribution in [2.75, 3.05) is 0 Å². The van der Waals surface area contributed by atoms with Crippen LogP contribution in [0.5, 0.6) is 0 Å². The lowest BCUT2D eigenvalue weighted by molar-refractivity contribution is 0.574. The molecule has 0 saturated carbocycles. The van der Waals surface area contributed by atoms with Crippen LogP contribution in [-0.4, -0.2) is 9.78 Å². The predicted molar refractivity (Wildman–Crippen MR) is 81.9 cm³/mol. The van der Waals surface area contributed by atoms with Crippen LogP contribution < -0.4 is 5.32 Å². The van der Waals surface area contributed by atoms with Gasteiger partial charge in [0.25, 0.3) is 0 Å². The molecule has 0 radical (unpaired) electrons. The van der Waals surface area contributed by atoms with E-state index in [1.165, 1.54) is 6.07 Å². The number of hydrogen-bond acceptors (Lipinski definition) is 2. The van der Waals surface area contributed by atoms with Gasteiger partial charge in [0.05, 0.1) is 11.4 Å². The van der Waals surface area contributed by atoms with Crippen molar-refractivity contribution in [1.29, 1.82) is 0 Å². The molecule has 108 valence electrons. The number of hydrogen-bond donors (Lipinski definition) is 1. The van der Waals surface area contributed by atoms with E-state index in [1.807, 2.05) is 4.68 Å². The summed E-state index contributed by atoms with van der Waals surface area (Å²) < 4.78 is 16.1. The molecular weight excluding hydrogens is 321 g/mol. The van der Waals surface area contributed by atoms with Crippen LogP contribution in [-0.2, 0) is 26.1 Å². The number of aromatic nitrogens is 2. The van der Waals surface area contributed by atoms with Gasteiger partial charge in [0, 0.05) is 24.1 Å². The minimum Gasteiger partial charge on any atom is -0.307 e. The molecule has 20 heavy (non-hydrogen) atoms. The largest absolute Gasteiger partial charge is 0.307 e. The van der Waals surface area contributed by atoms with Crippen LogP contribution in [0.25, 0.3) is 0 Å². The van der Waals surface area contributed by atoms with E-state index in [-0.39, 0.29) is 5.82 Å². The first-order chi connectivity index (χ1) is 9.63. The summed E-state index contributed by atoms with van der Waals surface area (Å²) in [6.07, 6.45) is 0.940. The molecular formula is C15H19BrFN3. The van der Waals surface area contributed by atoms with Crippen molar-refractivity contribution in [3.05, 3.63) is 51.5 Å². The van der Waals surface area contributed by atoms with Crippen molar-refractivity contribution < 1.29 is 4.39 Å². The average molecular weight is 340 g/mol. The van der Waals surface area contributed by atoms with E-state index >= 15 is 0 Å².